The summed E-state index contributed by atoms with van der Waals surface area (Å²) in [6.45, 7) is 10.2. The van der Waals surface area contributed by atoms with Gasteiger partial charge in [-0.3, -0.25) is 24.4 Å². The van der Waals surface area contributed by atoms with Gasteiger partial charge in [-0.2, -0.15) is 0 Å². The highest BCUT2D eigenvalue weighted by Crippen LogP contribution is 2.34. The Hall–Kier alpha value is -3.37. The molecule has 1 aromatic carbocycles. The van der Waals surface area contributed by atoms with Gasteiger partial charge in [0.05, 0.1) is 36.7 Å². The van der Waals surface area contributed by atoms with Gasteiger partial charge < -0.3 is 9.64 Å². The van der Waals surface area contributed by atoms with Crippen LogP contribution in [0.15, 0.2) is 48.8 Å². The summed E-state index contributed by atoms with van der Waals surface area (Å²) in [5.41, 5.74) is 1.96. The molecule has 4 rings (SSSR count). The highest BCUT2D eigenvalue weighted by Gasteiger charge is 2.45. The molecule has 2 fully saturated rings. The number of imide groups is 1. The number of hydrogen-bond acceptors (Lipinski definition) is 6. The second-order valence-electron chi connectivity index (χ2n) is 9.06. The molecule has 0 bridgehead atoms. The van der Waals surface area contributed by atoms with E-state index in [-0.39, 0.29) is 30.4 Å². The summed E-state index contributed by atoms with van der Waals surface area (Å²) >= 11 is 0. The van der Waals surface area contributed by atoms with Crippen LogP contribution in [0.2, 0.25) is 0 Å². The molecule has 0 aliphatic carbocycles. The zero-order chi connectivity index (χ0) is 24.1. The van der Waals surface area contributed by atoms with Crippen LogP contribution in [0.5, 0.6) is 5.75 Å². The summed E-state index contributed by atoms with van der Waals surface area (Å²) in [6.07, 6.45) is 3.44. The zero-order valence-electron chi connectivity index (χ0n) is 20.1. The summed E-state index contributed by atoms with van der Waals surface area (Å²) in [5, 5.41) is 0. The lowest BCUT2D eigenvalue weighted by molar-refractivity contribution is -0.138. The molecule has 0 spiro atoms. The fraction of sp³-hybridized carbons (Fsp3) is 0.444. The number of carbonyl (C=O) groups excluding carboxylic acids is 2. The second kappa shape index (κ2) is 10.7. The molecule has 2 saturated heterocycles. The maximum atomic E-state index is 12.9. The van der Waals surface area contributed by atoms with Gasteiger partial charge in [-0.15, -0.1) is 0 Å². The molecular formula is C27H32N4O3. The predicted octanol–water partition coefficient (Wildman–Crippen LogP) is 2.78. The molecule has 0 radical (unpaired) electrons. The summed E-state index contributed by atoms with van der Waals surface area (Å²) in [4.78, 5) is 35.5. The van der Waals surface area contributed by atoms with Crippen molar-refractivity contribution in [3.05, 3.63) is 54.4 Å². The Bertz CT molecular complexity index is 1070. The largest absolute Gasteiger partial charge is 0.489 e. The first-order valence-corrected chi connectivity index (χ1v) is 11.9. The van der Waals surface area contributed by atoms with Gasteiger partial charge in [-0.25, -0.2) is 0 Å². The minimum atomic E-state index is -0.451. The van der Waals surface area contributed by atoms with E-state index < -0.39 is 5.92 Å². The predicted molar refractivity (Wildman–Crippen MR) is 131 cm³/mol. The molecule has 7 nitrogen and oxygen atoms in total. The Kier molecular flexibility index (Phi) is 7.49. The Morgan fingerprint density at radius 2 is 1.65 bits per heavy atom. The molecule has 2 atom stereocenters. The Morgan fingerprint density at radius 1 is 0.971 bits per heavy atom. The normalized spacial score (nSPS) is 21.1. The van der Waals surface area contributed by atoms with Crippen molar-refractivity contribution >= 4 is 17.5 Å². The van der Waals surface area contributed by atoms with Crippen molar-refractivity contribution in [2.45, 2.75) is 32.8 Å². The standard InChI is InChI=1S/C27H32N4O3/c1-20(2)34-24-9-5-4-8-23(24)30-18-16-29(17-19-30)14-6-7-15-31-26(32)21(3)25(27(31)33)22-10-12-28-13-11-22/h4-5,8-13,20-21,25H,14-19H2,1-3H3. The van der Waals surface area contributed by atoms with Gasteiger partial charge in [0.15, 0.2) is 0 Å². The highest BCUT2D eigenvalue weighted by molar-refractivity contribution is 6.07. The van der Waals surface area contributed by atoms with Gasteiger partial charge in [0.1, 0.15) is 5.75 Å². The van der Waals surface area contributed by atoms with E-state index in [0.717, 1.165) is 43.2 Å². The number of pyridine rings is 1. The fourth-order valence-electron chi connectivity index (χ4n) is 4.56. The van der Waals surface area contributed by atoms with E-state index in [9.17, 15) is 9.59 Å². The molecule has 1 aromatic heterocycles. The molecule has 2 amide bonds. The maximum Gasteiger partial charge on any atom is 0.238 e. The number of para-hydroxylation sites is 2. The van der Waals surface area contributed by atoms with Crippen LogP contribution < -0.4 is 9.64 Å². The first-order valence-electron chi connectivity index (χ1n) is 11.9. The van der Waals surface area contributed by atoms with Crippen LogP contribution in [0, 0.1) is 17.8 Å². The number of piperazine rings is 1. The van der Waals surface area contributed by atoms with Crippen LogP contribution in [0.3, 0.4) is 0 Å². The average molecular weight is 461 g/mol. The number of ether oxygens (including phenoxy) is 1. The SMILES string of the molecule is CC(C)Oc1ccccc1N1CCN(CC#CCN2C(=O)C(C)C(c3ccncc3)C2=O)CC1. The Balaban J connectivity index is 1.29. The number of nitrogens with zero attached hydrogens (tertiary/aromatic N) is 4. The third-order valence-electron chi connectivity index (χ3n) is 6.36. The van der Waals surface area contributed by atoms with E-state index in [4.69, 9.17) is 4.74 Å². The summed E-state index contributed by atoms with van der Waals surface area (Å²) in [5.74, 6) is 5.97. The zero-order valence-corrected chi connectivity index (χ0v) is 20.1. The number of anilines is 1. The van der Waals surface area contributed by atoms with Crippen molar-refractivity contribution in [1.82, 2.24) is 14.8 Å². The van der Waals surface area contributed by atoms with Crippen molar-refractivity contribution in [1.29, 1.82) is 0 Å². The number of rotatable bonds is 6. The monoisotopic (exact) mass is 460 g/mol. The van der Waals surface area contributed by atoms with Gasteiger partial charge in [-0.05, 0) is 43.7 Å². The Labute approximate surface area is 201 Å². The average Bonchev–Trinajstić information content (AvgIpc) is 3.05. The van der Waals surface area contributed by atoms with E-state index in [1.807, 2.05) is 39.0 Å². The van der Waals surface area contributed by atoms with Gasteiger partial charge in [-0.1, -0.05) is 30.9 Å². The number of hydrogen-bond donors (Lipinski definition) is 0. The summed E-state index contributed by atoms with van der Waals surface area (Å²) in [7, 11) is 0. The van der Waals surface area contributed by atoms with Crippen LogP contribution in [0.4, 0.5) is 5.69 Å². The topological polar surface area (TPSA) is 66.0 Å². The van der Waals surface area contributed by atoms with Crippen LogP contribution in [0.1, 0.15) is 32.3 Å². The van der Waals surface area contributed by atoms with Crippen LogP contribution >= 0.6 is 0 Å². The van der Waals surface area contributed by atoms with Crippen LogP contribution in [-0.4, -0.2) is 72.0 Å². The minimum absolute atomic E-state index is 0.134. The quantitative estimate of drug-likeness (QED) is 0.488. The van der Waals surface area contributed by atoms with Crippen molar-refractivity contribution in [2.24, 2.45) is 5.92 Å². The molecule has 2 unspecified atom stereocenters. The fourth-order valence-corrected chi connectivity index (χ4v) is 4.56. The van der Waals surface area contributed by atoms with E-state index in [1.165, 1.54) is 4.90 Å². The number of carbonyl (C=O) groups is 2. The third kappa shape index (κ3) is 5.23. The number of amides is 2. The minimum Gasteiger partial charge on any atom is -0.489 e. The van der Waals surface area contributed by atoms with Gasteiger partial charge in [0.25, 0.3) is 0 Å². The van der Waals surface area contributed by atoms with E-state index in [1.54, 1.807) is 24.5 Å². The van der Waals surface area contributed by atoms with Crippen molar-refractivity contribution in [3.63, 3.8) is 0 Å². The third-order valence-corrected chi connectivity index (χ3v) is 6.36. The van der Waals surface area contributed by atoms with Crippen LogP contribution in [0.25, 0.3) is 0 Å². The molecule has 0 saturated carbocycles. The van der Waals surface area contributed by atoms with Crippen molar-refractivity contribution in [2.75, 3.05) is 44.2 Å². The molecule has 34 heavy (non-hydrogen) atoms. The lowest BCUT2D eigenvalue weighted by Gasteiger charge is -2.36. The molecule has 7 heteroatoms. The number of benzene rings is 1. The summed E-state index contributed by atoms with van der Waals surface area (Å²) in [6, 6.07) is 11.8. The molecular weight excluding hydrogens is 428 g/mol. The maximum absolute atomic E-state index is 12.9. The lowest BCUT2D eigenvalue weighted by atomic mass is 9.90. The highest BCUT2D eigenvalue weighted by atomic mass is 16.5. The van der Waals surface area contributed by atoms with E-state index in [0.29, 0.717) is 6.54 Å². The van der Waals surface area contributed by atoms with Crippen molar-refractivity contribution in [3.8, 4) is 17.6 Å². The Morgan fingerprint density at radius 3 is 2.35 bits per heavy atom. The summed E-state index contributed by atoms with van der Waals surface area (Å²) < 4.78 is 5.97. The second-order valence-corrected chi connectivity index (χ2v) is 9.06. The van der Waals surface area contributed by atoms with E-state index >= 15 is 0 Å². The lowest BCUT2D eigenvalue weighted by Crippen LogP contribution is -2.46. The van der Waals surface area contributed by atoms with Crippen LogP contribution in [-0.2, 0) is 9.59 Å². The molecule has 178 valence electrons. The molecule has 2 aromatic rings. The number of aromatic nitrogens is 1. The first kappa shape index (κ1) is 23.8. The smallest absolute Gasteiger partial charge is 0.238 e. The van der Waals surface area contributed by atoms with Gasteiger partial charge in [0, 0.05) is 38.6 Å². The number of likely N-dealkylation sites (tertiary alicyclic amines) is 1. The van der Waals surface area contributed by atoms with Gasteiger partial charge in [0.2, 0.25) is 11.8 Å². The molecule has 2 aliphatic heterocycles. The first-order chi connectivity index (χ1) is 16.5. The molecule has 0 N–H and O–H groups in total. The molecule has 3 heterocycles. The molecule has 2 aliphatic rings. The van der Waals surface area contributed by atoms with E-state index in [2.05, 4.69) is 32.7 Å². The van der Waals surface area contributed by atoms with Crippen molar-refractivity contribution < 1.29 is 14.3 Å². The van der Waals surface area contributed by atoms with Gasteiger partial charge >= 0.3 is 0 Å².